The monoisotopic (exact) mass is 186 g/mol. The first-order chi connectivity index (χ1) is 6.17. The molecule has 2 heteroatoms. The molecule has 0 fully saturated rings. The minimum Gasteiger partial charge on any atom is -0.104 e. The molecule has 2 nitrogen and oxygen atoms in total. The molecule has 0 atom stereocenters. The Morgan fingerprint density at radius 1 is 1.15 bits per heavy atom. The Morgan fingerprint density at radius 2 is 1.77 bits per heavy atom. The third kappa shape index (κ3) is 4.63. The van der Waals surface area contributed by atoms with Crippen molar-refractivity contribution in [3.8, 4) is 0 Å². The number of hydrogen-bond acceptors (Lipinski definition) is 2. The van der Waals surface area contributed by atoms with Gasteiger partial charge in [0.25, 0.3) is 0 Å². The van der Waals surface area contributed by atoms with Crippen molar-refractivity contribution in [3.63, 3.8) is 0 Å². The molecule has 0 N–H and O–H groups in total. The van der Waals surface area contributed by atoms with Crippen molar-refractivity contribution in [2.24, 2.45) is 0 Å². The van der Waals surface area contributed by atoms with E-state index in [4.69, 9.17) is 0 Å². The van der Waals surface area contributed by atoms with E-state index in [-0.39, 0.29) is 0 Å². The molecule has 0 aliphatic heterocycles. The number of unbranched alkanes of at least 4 members (excludes halogenated alkanes) is 1. The van der Waals surface area contributed by atoms with Crippen molar-refractivity contribution in [2.45, 2.75) is 53.5 Å². The first kappa shape index (κ1) is 12.9. The normalized spacial score (nSPS) is 12.0. The molecule has 0 heterocycles. The number of hydrogen-bond donors (Lipinski definition) is 0. The summed E-state index contributed by atoms with van der Waals surface area (Å²) in [5.74, 6) is 0. The second kappa shape index (κ2) is 7.34. The maximum atomic E-state index is 2.47. The lowest BCUT2D eigenvalue weighted by molar-refractivity contribution is 0.0432. The molecular formula is C11H26N2+. The van der Waals surface area contributed by atoms with E-state index < -0.39 is 0 Å². The highest BCUT2D eigenvalue weighted by molar-refractivity contribution is 4.64. The lowest BCUT2D eigenvalue weighted by Gasteiger charge is -2.25. The van der Waals surface area contributed by atoms with E-state index in [1.165, 1.54) is 19.4 Å². The molecule has 0 bridgehead atoms. The fourth-order valence-corrected chi connectivity index (χ4v) is 1.70. The molecule has 13 heavy (non-hydrogen) atoms. The first-order valence-corrected chi connectivity index (χ1v) is 5.68. The molecule has 0 rings (SSSR count). The lowest BCUT2D eigenvalue weighted by atomic mass is 10.3. The molecule has 1 radical (unpaired) electrons. The van der Waals surface area contributed by atoms with Crippen LogP contribution in [0.1, 0.15) is 47.5 Å². The molecule has 79 valence electrons. The van der Waals surface area contributed by atoms with Gasteiger partial charge in [-0.05, 0) is 27.7 Å². The van der Waals surface area contributed by atoms with E-state index in [1.54, 1.807) is 0 Å². The topological polar surface area (TPSA) is 9.14 Å². The highest BCUT2D eigenvalue weighted by atomic mass is 15.6. The molecule has 0 aliphatic carbocycles. The van der Waals surface area contributed by atoms with Gasteiger partial charge in [-0.2, -0.15) is 0 Å². The SMILES string of the molecule is CCCC[N+](CC)N(CC)C(C)C. The van der Waals surface area contributed by atoms with Gasteiger partial charge in [-0.25, -0.2) is 0 Å². The Hall–Kier alpha value is -0.0800. The summed E-state index contributed by atoms with van der Waals surface area (Å²) in [6.45, 7) is 14.7. The van der Waals surface area contributed by atoms with E-state index in [2.05, 4.69) is 44.6 Å². The quantitative estimate of drug-likeness (QED) is 0.438. The van der Waals surface area contributed by atoms with Crippen LogP contribution in [0.4, 0.5) is 0 Å². The highest BCUT2D eigenvalue weighted by Crippen LogP contribution is 2.02. The van der Waals surface area contributed by atoms with Crippen molar-refractivity contribution in [2.75, 3.05) is 19.6 Å². The van der Waals surface area contributed by atoms with Crippen molar-refractivity contribution in [1.82, 2.24) is 10.0 Å². The molecule has 0 spiro atoms. The highest BCUT2D eigenvalue weighted by Gasteiger charge is 2.23. The van der Waals surface area contributed by atoms with E-state index >= 15 is 0 Å². The van der Waals surface area contributed by atoms with Crippen LogP contribution >= 0.6 is 0 Å². The summed E-state index contributed by atoms with van der Waals surface area (Å²) in [5.41, 5.74) is 0. The van der Waals surface area contributed by atoms with Crippen LogP contribution in [-0.2, 0) is 0 Å². The summed E-state index contributed by atoms with van der Waals surface area (Å²) in [5, 5.41) is 4.92. The Balaban J connectivity index is 4.00. The molecule has 0 aromatic heterocycles. The van der Waals surface area contributed by atoms with Gasteiger partial charge in [0.1, 0.15) is 13.1 Å². The summed E-state index contributed by atoms with van der Waals surface area (Å²) < 4.78 is 0. The van der Waals surface area contributed by atoms with Crippen LogP contribution in [0.3, 0.4) is 0 Å². The molecule has 0 saturated heterocycles. The second-order valence-corrected chi connectivity index (χ2v) is 3.75. The molecule has 0 aliphatic rings. The van der Waals surface area contributed by atoms with Crippen LogP contribution in [0, 0.1) is 0 Å². The van der Waals surface area contributed by atoms with Gasteiger partial charge >= 0.3 is 0 Å². The molecule has 0 saturated carbocycles. The maximum Gasteiger partial charge on any atom is 0.144 e. The van der Waals surface area contributed by atoms with Crippen LogP contribution < -0.4 is 5.01 Å². The number of nitrogens with zero attached hydrogens (tertiary/aromatic N) is 2. The molecule has 0 amide bonds. The van der Waals surface area contributed by atoms with Gasteiger partial charge in [0.05, 0.1) is 12.6 Å². The standard InChI is InChI=1S/C11H26N2/c1-6-9-10-12(7-2)13(8-3)11(4)5/h11H,6-10H2,1-5H3/q+1. The predicted molar refractivity (Wildman–Crippen MR) is 60.0 cm³/mol. The molecule has 0 aromatic rings. The van der Waals surface area contributed by atoms with Gasteiger partial charge in [0.2, 0.25) is 0 Å². The van der Waals surface area contributed by atoms with E-state index in [1.807, 2.05) is 0 Å². The third-order valence-corrected chi connectivity index (χ3v) is 2.42. The van der Waals surface area contributed by atoms with Crippen molar-refractivity contribution < 1.29 is 0 Å². The molecule has 0 unspecified atom stereocenters. The first-order valence-electron chi connectivity index (χ1n) is 5.68. The fourth-order valence-electron chi connectivity index (χ4n) is 1.70. The molecular weight excluding hydrogens is 160 g/mol. The van der Waals surface area contributed by atoms with Gasteiger partial charge < -0.3 is 0 Å². The summed E-state index contributed by atoms with van der Waals surface area (Å²) in [7, 11) is 0. The summed E-state index contributed by atoms with van der Waals surface area (Å²) in [4.78, 5) is 0. The number of hydrazine groups is 1. The Morgan fingerprint density at radius 3 is 2.08 bits per heavy atom. The summed E-state index contributed by atoms with van der Waals surface area (Å²) in [6.07, 6.45) is 2.59. The zero-order valence-corrected chi connectivity index (χ0v) is 10.0. The third-order valence-electron chi connectivity index (χ3n) is 2.42. The minimum atomic E-state index is 0.627. The molecule has 0 aromatic carbocycles. The van der Waals surface area contributed by atoms with E-state index in [0.717, 1.165) is 13.1 Å². The second-order valence-electron chi connectivity index (χ2n) is 3.75. The van der Waals surface area contributed by atoms with Crippen LogP contribution in [0.25, 0.3) is 0 Å². The Labute approximate surface area is 83.9 Å². The van der Waals surface area contributed by atoms with Gasteiger partial charge in [-0.15, -0.1) is 5.01 Å². The Kier molecular flexibility index (Phi) is 7.29. The fraction of sp³-hybridized carbons (Fsp3) is 1.00. The van der Waals surface area contributed by atoms with Crippen LogP contribution in [0.5, 0.6) is 0 Å². The van der Waals surface area contributed by atoms with E-state index in [0.29, 0.717) is 6.04 Å². The summed E-state index contributed by atoms with van der Waals surface area (Å²) in [6, 6.07) is 0.627. The van der Waals surface area contributed by atoms with Crippen molar-refractivity contribution in [1.29, 1.82) is 0 Å². The zero-order chi connectivity index (χ0) is 10.3. The largest absolute Gasteiger partial charge is 0.144 e. The smallest absolute Gasteiger partial charge is 0.104 e. The van der Waals surface area contributed by atoms with Crippen molar-refractivity contribution >= 4 is 0 Å². The predicted octanol–water partition coefficient (Wildman–Crippen LogP) is 2.59. The van der Waals surface area contributed by atoms with Gasteiger partial charge in [0.15, 0.2) is 0 Å². The van der Waals surface area contributed by atoms with Crippen molar-refractivity contribution in [3.05, 3.63) is 0 Å². The van der Waals surface area contributed by atoms with Crippen LogP contribution in [-0.4, -0.2) is 30.7 Å². The average molecular weight is 186 g/mol. The van der Waals surface area contributed by atoms with Gasteiger partial charge in [-0.3, -0.25) is 0 Å². The minimum absolute atomic E-state index is 0.627. The van der Waals surface area contributed by atoms with Crippen LogP contribution in [0.2, 0.25) is 0 Å². The van der Waals surface area contributed by atoms with E-state index in [9.17, 15) is 0 Å². The Bertz CT molecular complexity index is 113. The summed E-state index contributed by atoms with van der Waals surface area (Å²) >= 11 is 0. The number of rotatable bonds is 7. The zero-order valence-electron chi connectivity index (χ0n) is 10.0. The van der Waals surface area contributed by atoms with Crippen LogP contribution in [0.15, 0.2) is 0 Å². The van der Waals surface area contributed by atoms with Gasteiger partial charge in [-0.1, -0.05) is 18.4 Å². The lowest BCUT2D eigenvalue weighted by Crippen LogP contribution is -2.51. The average Bonchev–Trinajstić information content (AvgIpc) is 2.11. The maximum absolute atomic E-state index is 2.47. The van der Waals surface area contributed by atoms with Gasteiger partial charge in [0, 0.05) is 6.42 Å².